The number of fused-ring (bicyclic) bond motifs is 4. The highest BCUT2D eigenvalue weighted by molar-refractivity contribution is 6.35. The van der Waals surface area contributed by atoms with Crippen LogP contribution in [0.2, 0.25) is 5.02 Å². The number of rotatable bonds is 3. The van der Waals surface area contributed by atoms with Crippen molar-refractivity contribution >= 4 is 39.1 Å². The molecule has 2 saturated heterocycles. The van der Waals surface area contributed by atoms with Crippen LogP contribution in [-0.2, 0) is 0 Å². The number of nitrogens with zero attached hydrogens (tertiary/aromatic N) is 3. The van der Waals surface area contributed by atoms with Gasteiger partial charge in [0.1, 0.15) is 11.3 Å². The molecule has 4 aromatic rings. The summed E-state index contributed by atoms with van der Waals surface area (Å²) in [5, 5.41) is 6.54. The second-order valence-corrected chi connectivity index (χ2v) is 8.95. The highest BCUT2D eigenvalue weighted by Crippen LogP contribution is 2.41. The minimum absolute atomic E-state index is 0.156. The molecule has 0 saturated carbocycles. The monoisotopic (exact) mass is 448 g/mol. The quantitative estimate of drug-likeness (QED) is 0.467. The van der Waals surface area contributed by atoms with E-state index in [2.05, 4.69) is 20.2 Å². The fraction of sp³-hybridized carbons (Fsp3) is 0.280. The number of hydrogen-bond donors (Lipinski definition) is 1. The van der Waals surface area contributed by atoms with Crippen LogP contribution < -0.4 is 15.0 Å². The molecule has 2 atom stereocenters. The van der Waals surface area contributed by atoms with Crippen molar-refractivity contribution < 1.29 is 9.13 Å². The maximum atomic E-state index is 16.1. The minimum Gasteiger partial charge on any atom is -0.467 e. The SMILES string of the molecule is COc1nc(N2CC3CCC(C2)N3)c2cc(Cl)c(-c3cccc4ccccc34)c(F)c2n1. The van der Waals surface area contributed by atoms with Gasteiger partial charge in [0.05, 0.1) is 12.1 Å². The predicted octanol–water partition coefficient (Wildman–Crippen LogP) is 5.19. The molecule has 162 valence electrons. The highest BCUT2D eigenvalue weighted by Gasteiger charge is 2.34. The van der Waals surface area contributed by atoms with Gasteiger partial charge in [0.2, 0.25) is 0 Å². The van der Waals surface area contributed by atoms with E-state index >= 15 is 4.39 Å². The number of aromatic nitrogens is 2. The molecule has 2 aliphatic heterocycles. The Morgan fingerprint density at radius 1 is 1.03 bits per heavy atom. The summed E-state index contributed by atoms with van der Waals surface area (Å²) in [5.74, 6) is 0.222. The predicted molar refractivity (Wildman–Crippen MR) is 126 cm³/mol. The van der Waals surface area contributed by atoms with Gasteiger partial charge in [-0.05, 0) is 35.2 Å². The summed E-state index contributed by atoms with van der Waals surface area (Å²) in [6, 6.07) is 16.5. The van der Waals surface area contributed by atoms with Gasteiger partial charge in [-0.1, -0.05) is 54.1 Å². The summed E-state index contributed by atoms with van der Waals surface area (Å²) in [7, 11) is 1.51. The van der Waals surface area contributed by atoms with E-state index in [1.807, 2.05) is 42.5 Å². The first-order valence-corrected chi connectivity index (χ1v) is 11.2. The molecule has 0 spiro atoms. The van der Waals surface area contributed by atoms with Gasteiger partial charge >= 0.3 is 6.01 Å². The van der Waals surface area contributed by atoms with E-state index in [0.717, 1.165) is 42.3 Å². The molecular formula is C25H22ClFN4O. The van der Waals surface area contributed by atoms with E-state index in [1.54, 1.807) is 6.07 Å². The Balaban J connectivity index is 1.59. The highest BCUT2D eigenvalue weighted by atomic mass is 35.5. The van der Waals surface area contributed by atoms with Crippen molar-refractivity contribution in [3.63, 3.8) is 0 Å². The van der Waals surface area contributed by atoms with Crippen molar-refractivity contribution in [1.82, 2.24) is 15.3 Å². The zero-order chi connectivity index (χ0) is 21.8. The number of methoxy groups -OCH3 is 1. The molecule has 0 aliphatic carbocycles. The van der Waals surface area contributed by atoms with E-state index < -0.39 is 5.82 Å². The van der Waals surface area contributed by atoms with Crippen molar-refractivity contribution in [2.24, 2.45) is 0 Å². The molecule has 2 bridgehead atoms. The molecular weight excluding hydrogens is 427 g/mol. The van der Waals surface area contributed by atoms with Gasteiger partial charge < -0.3 is 15.0 Å². The molecule has 0 radical (unpaired) electrons. The number of piperazine rings is 1. The Labute approximate surface area is 190 Å². The van der Waals surface area contributed by atoms with Gasteiger partial charge in [-0.15, -0.1) is 0 Å². The third-order valence-electron chi connectivity index (χ3n) is 6.60. The lowest BCUT2D eigenvalue weighted by molar-refractivity contribution is 0.380. The molecule has 3 heterocycles. The van der Waals surface area contributed by atoms with Gasteiger partial charge in [0.25, 0.3) is 0 Å². The van der Waals surface area contributed by atoms with E-state index in [-0.39, 0.29) is 11.5 Å². The molecule has 7 heteroatoms. The first kappa shape index (κ1) is 19.7. The summed E-state index contributed by atoms with van der Waals surface area (Å²) >= 11 is 6.74. The fourth-order valence-corrected chi connectivity index (χ4v) is 5.45. The van der Waals surface area contributed by atoms with Crippen LogP contribution in [0.1, 0.15) is 12.8 Å². The molecule has 2 unspecified atom stereocenters. The number of anilines is 1. The topological polar surface area (TPSA) is 50.3 Å². The Morgan fingerprint density at radius 3 is 2.56 bits per heavy atom. The van der Waals surface area contributed by atoms with Crippen molar-refractivity contribution in [1.29, 1.82) is 0 Å². The zero-order valence-electron chi connectivity index (χ0n) is 17.6. The Kier molecular flexibility index (Phi) is 4.66. The molecule has 1 N–H and O–H groups in total. The first-order chi connectivity index (χ1) is 15.6. The molecule has 5 nitrogen and oxygen atoms in total. The number of hydrogen-bond acceptors (Lipinski definition) is 5. The molecule has 3 aromatic carbocycles. The second kappa shape index (κ2) is 7.57. The van der Waals surface area contributed by atoms with Crippen LogP contribution in [0.4, 0.5) is 10.2 Å². The van der Waals surface area contributed by atoms with Crippen molar-refractivity contribution in [2.75, 3.05) is 25.1 Å². The summed E-state index contributed by atoms with van der Waals surface area (Å²) in [4.78, 5) is 11.2. The second-order valence-electron chi connectivity index (χ2n) is 8.55. The maximum Gasteiger partial charge on any atom is 0.318 e. The molecule has 32 heavy (non-hydrogen) atoms. The summed E-state index contributed by atoms with van der Waals surface area (Å²) in [6.45, 7) is 1.63. The maximum absolute atomic E-state index is 16.1. The lowest BCUT2D eigenvalue weighted by atomic mass is 9.96. The lowest BCUT2D eigenvalue weighted by Crippen LogP contribution is -2.51. The zero-order valence-corrected chi connectivity index (χ0v) is 18.4. The Bertz CT molecular complexity index is 1340. The van der Waals surface area contributed by atoms with Gasteiger partial charge in [0, 0.05) is 36.1 Å². The van der Waals surface area contributed by atoms with Crippen LogP contribution in [0.3, 0.4) is 0 Å². The van der Waals surface area contributed by atoms with Crippen molar-refractivity contribution in [3.05, 3.63) is 59.4 Å². The van der Waals surface area contributed by atoms with Crippen molar-refractivity contribution in [3.8, 4) is 17.1 Å². The summed E-state index contributed by atoms with van der Waals surface area (Å²) < 4.78 is 21.5. The van der Waals surface area contributed by atoms with E-state index in [4.69, 9.17) is 16.3 Å². The van der Waals surface area contributed by atoms with Gasteiger partial charge in [-0.25, -0.2) is 4.39 Å². The van der Waals surface area contributed by atoms with Gasteiger partial charge in [-0.3, -0.25) is 0 Å². The standard InChI is InChI=1S/C25H22ClFN4O/c1-32-25-29-23-19(24(30-25)31-12-15-9-10-16(13-31)28-15)11-20(26)21(22(23)27)18-8-4-6-14-5-2-3-7-17(14)18/h2-8,11,15-16,28H,9-10,12-13H2,1H3. The van der Waals surface area contributed by atoms with Crippen LogP contribution in [0.5, 0.6) is 6.01 Å². The van der Waals surface area contributed by atoms with Crippen LogP contribution >= 0.6 is 11.6 Å². The van der Waals surface area contributed by atoms with E-state index in [1.165, 1.54) is 7.11 Å². The number of halogens is 2. The largest absolute Gasteiger partial charge is 0.467 e. The third-order valence-corrected chi connectivity index (χ3v) is 6.90. The molecule has 2 aliphatic rings. The smallest absolute Gasteiger partial charge is 0.318 e. The van der Waals surface area contributed by atoms with Crippen LogP contribution in [0.25, 0.3) is 32.8 Å². The number of benzene rings is 3. The molecule has 0 amide bonds. The lowest BCUT2D eigenvalue weighted by Gasteiger charge is -2.34. The summed E-state index contributed by atoms with van der Waals surface area (Å²) in [6.07, 6.45) is 2.28. The number of ether oxygens (including phenoxy) is 1. The Hall–Kier alpha value is -2.96. The van der Waals surface area contributed by atoms with Crippen LogP contribution in [0.15, 0.2) is 48.5 Å². The fourth-order valence-electron chi connectivity index (χ4n) is 5.15. The average Bonchev–Trinajstić information content (AvgIpc) is 3.16. The number of nitrogens with one attached hydrogen (secondary N) is 1. The molecule has 1 aromatic heterocycles. The van der Waals surface area contributed by atoms with Crippen LogP contribution in [-0.4, -0.2) is 42.3 Å². The summed E-state index contributed by atoms with van der Waals surface area (Å²) in [5.41, 5.74) is 1.32. The van der Waals surface area contributed by atoms with E-state index in [0.29, 0.717) is 33.9 Å². The molecule has 2 fully saturated rings. The third kappa shape index (κ3) is 3.09. The average molecular weight is 449 g/mol. The minimum atomic E-state index is -0.455. The van der Waals surface area contributed by atoms with Crippen molar-refractivity contribution in [2.45, 2.75) is 24.9 Å². The Morgan fingerprint density at radius 2 is 1.78 bits per heavy atom. The normalized spacial score (nSPS) is 20.3. The van der Waals surface area contributed by atoms with Gasteiger partial charge in [0.15, 0.2) is 5.82 Å². The van der Waals surface area contributed by atoms with E-state index in [9.17, 15) is 0 Å². The first-order valence-electron chi connectivity index (χ1n) is 10.8. The van der Waals surface area contributed by atoms with Crippen LogP contribution in [0, 0.1) is 5.82 Å². The van der Waals surface area contributed by atoms with Gasteiger partial charge in [-0.2, -0.15) is 9.97 Å². The molecule has 6 rings (SSSR count).